The third-order valence-electron chi connectivity index (χ3n) is 4.58. The van der Waals surface area contributed by atoms with Crippen molar-refractivity contribution >= 4 is 10.8 Å². The molecule has 142 valence electrons. The molecule has 0 aromatic heterocycles. The maximum atomic E-state index is 10.3. The minimum Gasteiger partial charge on any atom is -0.508 e. The van der Waals surface area contributed by atoms with Crippen molar-refractivity contribution in [2.45, 2.75) is 31.9 Å². The number of ether oxygens (including phenoxy) is 1. The Hall–Kier alpha value is -2.56. The van der Waals surface area contributed by atoms with Gasteiger partial charge in [0.15, 0.2) is 0 Å². The molecule has 3 aromatic rings. The maximum Gasteiger partial charge on any atom is 0.127 e. The first-order valence-electron chi connectivity index (χ1n) is 9.24. The van der Waals surface area contributed by atoms with Crippen molar-refractivity contribution in [1.82, 2.24) is 5.32 Å². The summed E-state index contributed by atoms with van der Waals surface area (Å²) >= 11 is 0. The second-order valence-corrected chi connectivity index (χ2v) is 7.55. The first kappa shape index (κ1) is 19.2. The number of hydrogen-bond acceptors (Lipinski definition) is 4. The van der Waals surface area contributed by atoms with Crippen LogP contribution in [0.3, 0.4) is 0 Å². The fourth-order valence-electron chi connectivity index (χ4n) is 3.15. The van der Waals surface area contributed by atoms with Gasteiger partial charge in [-0.25, -0.2) is 0 Å². The lowest BCUT2D eigenvalue weighted by molar-refractivity contribution is 0.0996. The molecule has 0 aliphatic carbocycles. The van der Waals surface area contributed by atoms with Crippen molar-refractivity contribution in [1.29, 1.82) is 0 Å². The standard InChI is InChI=1S/C23H27NO3/c1-23(2,14-17-10-12-19(25)13-11-17)24-15-20(26)16-27-22-9-5-7-18-6-3-4-8-21(18)22/h3-13,20,24-26H,14-16H2,1-2H3/t20-/m0/s1. The average Bonchev–Trinajstić information content (AvgIpc) is 2.66. The highest BCUT2D eigenvalue weighted by Gasteiger charge is 2.19. The number of β-amino-alcohol motifs (C(OH)–C–C–N with tert-alkyl or cyclic N) is 1. The van der Waals surface area contributed by atoms with E-state index >= 15 is 0 Å². The van der Waals surface area contributed by atoms with E-state index in [0.29, 0.717) is 6.54 Å². The zero-order valence-corrected chi connectivity index (χ0v) is 15.9. The predicted octanol–water partition coefficient (Wildman–Crippen LogP) is 3.90. The lowest BCUT2D eigenvalue weighted by atomic mass is 9.94. The molecule has 3 aromatic carbocycles. The van der Waals surface area contributed by atoms with Crippen LogP contribution in [0.5, 0.6) is 11.5 Å². The van der Waals surface area contributed by atoms with Crippen LogP contribution in [-0.4, -0.2) is 35.0 Å². The number of hydrogen-bond donors (Lipinski definition) is 3. The van der Waals surface area contributed by atoms with Crippen LogP contribution in [0.25, 0.3) is 10.8 Å². The number of aliphatic hydroxyl groups excluding tert-OH is 1. The first-order valence-corrected chi connectivity index (χ1v) is 9.24. The first-order chi connectivity index (χ1) is 12.9. The van der Waals surface area contributed by atoms with Gasteiger partial charge < -0.3 is 20.3 Å². The largest absolute Gasteiger partial charge is 0.508 e. The lowest BCUT2D eigenvalue weighted by Gasteiger charge is -2.28. The number of aliphatic hydroxyl groups is 1. The van der Waals surface area contributed by atoms with E-state index in [-0.39, 0.29) is 17.9 Å². The molecule has 4 heteroatoms. The highest BCUT2D eigenvalue weighted by Crippen LogP contribution is 2.25. The summed E-state index contributed by atoms with van der Waals surface area (Å²) in [6.45, 7) is 4.86. The molecule has 0 spiro atoms. The number of phenolic OH excluding ortho intramolecular Hbond substituents is 1. The molecule has 0 aliphatic rings. The van der Waals surface area contributed by atoms with Crippen LogP contribution in [0.4, 0.5) is 0 Å². The summed E-state index contributed by atoms with van der Waals surface area (Å²) in [5.41, 5.74) is 0.948. The van der Waals surface area contributed by atoms with E-state index in [1.54, 1.807) is 12.1 Å². The van der Waals surface area contributed by atoms with Gasteiger partial charge in [0.05, 0.1) is 0 Å². The second-order valence-electron chi connectivity index (χ2n) is 7.55. The Labute approximate surface area is 160 Å². The summed E-state index contributed by atoms with van der Waals surface area (Å²) in [5, 5.41) is 25.3. The van der Waals surface area contributed by atoms with Crippen molar-refractivity contribution in [3.8, 4) is 11.5 Å². The summed E-state index contributed by atoms with van der Waals surface area (Å²) in [6, 6.07) is 21.2. The zero-order chi connectivity index (χ0) is 19.3. The molecule has 4 nitrogen and oxygen atoms in total. The van der Waals surface area contributed by atoms with Crippen LogP contribution in [-0.2, 0) is 6.42 Å². The molecule has 1 atom stereocenters. The molecule has 0 heterocycles. The highest BCUT2D eigenvalue weighted by atomic mass is 16.5. The van der Waals surface area contributed by atoms with E-state index in [4.69, 9.17) is 4.74 Å². The molecule has 0 aliphatic heterocycles. The number of fused-ring (bicyclic) bond motifs is 1. The lowest BCUT2D eigenvalue weighted by Crippen LogP contribution is -2.46. The van der Waals surface area contributed by atoms with Crippen molar-refractivity contribution in [2.75, 3.05) is 13.2 Å². The van der Waals surface area contributed by atoms with Crippen molar-refractivity contribution in [3.05, 3.63) is 72.3 Å². The Morgan fingerprint density at radius 3 is 2.44 bits per heavy atom. The van der Waals surface area contributed by atoms with Crippen LogP contribution in [0.1, 0.15) is 19.4 Å². The highest BCUT2D eigenvalue weighted by molar-refractivity contribution is 5.88. The molecular weight excluding hydrogens is 338 g/mol. The Morgan fingerprint density at radius 1 is 0.963 bits per heavy atom. The van der Waals surface area contributed by atoms with Gasteiger partial charge in [-0.15, -0.1) is 0 Å². The van der Waals surface area contributed by atoms with Gasteiger partial charge in [-0.05, 0) is 49.4 Å². The molecule has 3 rings (SSSR count). The van der Waals surface area contributed by atoms with E-state index < -0.39 is 6.10 Å². The van der Waals surface area contributed by atoms with Crippen LogP contribution < -0.4 is 10.1 Å². The number of phenols is 1. The Kier molecular flexibility index (Phi) is 5.99. The van der Waals surface area contributed by atoms with Gasteiger partial charge in [-0.1, -0.05) is 48.5 Å². The molecule has 0 amide bonds. The summed E-state index contributed by atoms with van der Waals surface area (Å²) in [6.07, 6.45) is 0.188. The van der Waals surface area contributed by atoms with E-state index in [1.165, 1.54) is 0 Å². The van der Waals surface area contributed by atoms with Gasteiger partial charge in [0, 0.05) is 17.5 Å². The van der Waals surface area contributed by atoms with Gasteiger partial charge in [-0.3, -0.25) is 0 Å². The molecule has 0 bridgehead atoms. The minimum absolute atomic E-state index is 0.183. The van der Waals surface area contributed by atoms with Crippen LogP contribution in [0, 0.1) is 0 Å². The van der Waals surface area contributed by atoms with E-state index in [1.807, 2.05) is 54.6 Å². The number of nitrogens with one attached hydrogen (secondary N) is 1. The van der Waals surface area contributed by atoms with Gasteiger partial charge >= 0.3 is 0 Å². The normalized spacial score (nSPS) is 12.9. The summed E-state index contributed by atoms with van der Waals surface area (Å²) in [5.74, 6) is 1.06. The molecule has 0 saturated carbocycles. The van der Waals surface area contributed by atoms with Crippen LogP contribution in [0.2, 0.25) is 0 Å². The van der Waals surface area contributed by atoms with E-state index in [2.05, 4.69) is 19.2 Å². The fourth-order valence-corrected chi connectivity index (χ4v) is 3.15. The monoisotopic (exact) mass is 365 g/mol. The minimum atomic E-state index is -0.608. The molecule has 27 heavy (non-hydrogen) atoms. The number of benzene rings is 3. The third-order valence-corrected chi connectivity index (χ3v) is 4.58. The summed E-state index contributed by atoms with van der Waals surface area (Å²) < 4.78 is 5.86. The Morgan fingerprint density at radius 2 is 1.67 bits per heavy atom. The SMILES string of the molecule is CC(C)(Cc1ccc(O)cc1)NC[C@H](O)COc1cccc2ccccc12. The number of aromatic hydroxyl groups is 1. The second kappa shape index (κ2) is 8.42. The number of rotatable bonds is 8. The summed E-state index contributed by atoms with van der Waals surface area (Å²) in [4.78, 5) is 0. The predicted molar refractivity (Wildman–Crippen MR) is 109 cm³/mol. The van der Waals surface area contributed by atoms with Gasteiger partial charge in [0.1, 0.15) is 24.2 Å². The van der Waals surface area contributed by atoms with E-state index in [9.17, 15) is 10.2 Å². The zero-order valence-electron chi connectivity index (χ0n) is 15.9. The van der Waals surface area contributed by atoms with Crippen LogP contribution in [0.15, 0.2) is 66.7 Å². The molecule has 0 fully saturated rings. The van der Waals surface area contributed by atoms with Crippen LogP contribution >= 0.6 is 0 Å². The van der Waals surface area contributed by atoms with Crippen molar-refractivity contribution in [2.24, 2.45) is 0 Å². The molecular formula is C23H27NO3. The molecule has 0 saturated heterocycles. The third kappa shape index (κ3) is 5.46. The molecule has 0 radical (unpaired) electrons. The summed E-state index contributed by atoms with van der Waals surface area (Å²) in [7, 11) is 0. The van der Waals surface area contributed by atoms with Gasteiger partial charge in [-0.2, -0.15) is 0 Å². The van der Waals surface area contributed by atoms with E-state index in [0.717, 1.165) is 28.5 Å². The fraction of sp³-hybridized carbons (Fsp3) is 0.304. The van der Waals surface area contributed by atoms with Gasteiger partial charge in [0.25, 0.3) is 0 Å². The quantitative estimate of drug-likeness (QED) is 0.567. The van der Waals surface area contributed by atoms with Gasteiger partial charge in [0.2, 0.25) is 0 Å². The Balaban J connectivity index is 1.51. The van der Waals surface area contributed by atoms with Crippen molar-refractivity contribution < 1.29 is 14.9 Å². The van der Waals surface area contributed by atoms with Crippen molar-refractivity contribution in [3.63, 3.8) is 0 Å². The molecule has 3 N–H and O–H groups in total. The Bertz CT molecular complexity index is 869. The average molecular weight is 365 g/mol. The topological polar surface area (TPSA) is 61.7 Å². The maximum absolute atomic E-state index is 10.3. The molecule has 0 unspecified atom stereocenters. The smallest absolute Gasteiger partial charge is 0.127 e.